The number of ether oxygens (including phenoxy) is 1. The van der Waals surface area contributed by atoms with Gasteiger partial charge in [-0.1, -0.05) is 12.1 Å². The molecule has 0 aliphatic carbocycles. The first-order valence-electron chi connectivity index (χ1n) is 8.39. The minimum Gasteiger partial charge on any atom is -0.379 e. The number of nitrogens with zero attached hydrogens (tertiary/aromatic N) is 3. The lowest BCUT2D eigenvalue weighted by molar-refractivity contribution is 0.0685. The van der Waals surface area contributed by atoms with E-state index >= 15 is 0 Å². The highest BCUT2D eigenvalue weighted by molar-refractivity contribution is 7.89. The molecule has 1 aromatic rings. The molecule has 0 N–H and O–H groups in total. The second-order valence-corrected chi connectivity index (χ2v) is 8.44. The molecule has 1 atom stereocenters. The van der Waals surface area contributed by atoms with Crippen molar-refractivity contribution < 1.29 is 17.9 Å². The first kappa shape index (κ1) is 17.9. The fraction of sp³-hybridized carbons (Fsp3) is 0.529. The Balaban J connectivity index is 1.77. The molecule has 0 bridgehead atoms. The van der Waals surface area contributed by atoms with Crippen molar-refractivity contribution >= 4 is 15.9 Å². The molecule has 0 radical (unpaired) electrons. The molecule has 0 saturated carbocycles. The van der Waals surface area contributed by atoms with E-state index in [0.717, 1.165) is 0 Å². The number of carbonyl (C=O) groups excluding carboxylic acids is 1. The number of piperidine rings is 1. The number of hydrogen-bond acceptors (Lipinski definition) is 5. The van der Waals surface area contributed by atoms with Gasteiger partial charge in [0.05, 0.1) is 35.7 Å². The van der Waals surface area contributed by atoms with Crippen LogP contribution in [0.3, 0.4) is 0 Å². The summed E-state index contributed by atoms with van der Waals surface area (Å²) in [6, 6.07) is 8.64. The number of hydrogen-bond donors (Lipinski definition) is 0. The number of sulfonamides is 1. The minimum atomic E-state index is -3.45. The van der Waals surface area contributed by atoms with E-state index in [1.165, 1.54) is 4.31 Å². The van der Waals surface area contributed by atoms with Crippen molar-refractivity contribution in [2.45, 2.75) is 18.1 Å². The number of rotatable bonds is 3. The van der Waals surface area contributed by atoms with E-state index < -0.39 is 15.3 Å². The summed E-state index contributed by atoms with van der Waals surface area (Å²) in [5.74, 6) is -0.279. The van der Waals surface area contributed by atoms with Gasteiger partial charge in [-0.15, -0.1) is 0 Å². The summed E-state index contributed by atoms with van der Waals surface area (Å²) in [7, 11) is -3.45. The van der Waals surface area contributed by atoms with Gasteiger partial charge in [0, 0.05) is 26.2 Å². The molecular formula is C17H21N3O4S. The largest absolute Gasteiger partial charge is 0.379 e. The number of nitriles is 1. The Morgan fingerprint density at radius 2 is 1.92 bits per heavy atom. The lowest BCUT2D eigenvalue weighted by Crippen LogP contribution is -2.51. The van der Waals surface area contributed by atoms with Crippen molar-refractivity contribution in [3.63, 3.8) is 0 Å². The summed E-state index contributed by atoms with van der Waals surface area (Å²) in [5, 5.41) is 8.58. The Morgan fingerprint density at radius 3 is 2.64 bits per heavy atom. The second kappa shape index (κ2) is 7.52. The fourth-order valence-electron chi connectivity index (χ4n) is 3.32. The molecule has 2 aliphatic rings. The topological polar surface area (TPSA) is 90.7 Å². The molecule has 1 aromatic carbocycles. The van der Waals surface area contributed by atoms with Crippen LogP contribution in [0.5, 0.6) is 0 Å². The highest BCUT2D eigenvalue weighted by Crippen LogP contribution is 2.23. The van der Waals surface area contributed by atoms with Crippen LogP contribution in [0.4, 0.5) is 0 Å². The Hall–Kier alpha value is -1.95. The van der Waals surface area contributed by atoms with Gasteiger partial charge < -0.3 is 9.64 Å². The molecule has 134 valence electrons. The van der Waals surface area contributed by atoms with Crippen LogP contribution in [-0.4, -0.2) is 68.2 Å². The fourth-order valence-corrected chi connectivity index (χ4v) is 5.23. The standard InChI is InChI=1S/C17H21N3O4S/c18-12-14-4-1-2-6-16(14)17(21)19-7-3-5-15(13-19)25(22,23)20-8-10-24-11-9-20/h1-2,4,6,15H,3,5,7-11,13H2/t15-/m1/s1. The van der Waals surface area contributed by atoms with E-state index in [-0.39, 0.29) is 12.5 Å². The van der Waals surface area contributed by atoms with Crippen molar-refractivity contribution in [2.75, 3.05) is 39.4 Å². The van der Waals surface area contributed by atoms with Crippen LogP contribution in [0.15, 0.2) is 24.3 Å². The number of morpholine rings is 1. The van der Waals surface area contributed by atoms with Crippen LogP contribution >= 0.6 is 0 Å². The highest BCUT2D eigenvalue weighted by atomic mass is 32.2. The third-order valence-corrected chi connectivity index (χ3v) is 7.01. The maximum atomic E-state index is 12.8. The van der Waals surface area contributed by atoms with Gasteiger partial charge >= 0.3 is 0 Å². The van der Waals surface area contributed by atoms with Crippen molar-refractivity contribution in [3.05, 3.63) is 35.4 Å². The Bertz CT molecular complexity index is 781. The molecule has 2 heterocycles. The summed E-state index contributed by atoms with van der Waals surface area (Å²) < 4.78 is 32.4. The van der Waals surface area contributed by atoms with Gasteiger partial charge in [-0.2, -0.15) is 9.57 Å². The summed E-state index contributed by atoms with van der Waals surface area (Å²) in [6.45, 7) is 2.22. The summed E-state index contributed by atoms with van der Waals surface area (Å²) >= 11 is 0. The quantitative estimate of drug-likeness (QED) is 0.793. The Kier molecular flexibility index (Phi) is 5.37. The van der Waals surface area contributed by atoms with Crippen LogP contribution < -0.4 is 0 Å². The molecule has 8 heteroatoms. The number of carbonyl (C=O) groups is 1. The summed E-state index contributed by atoms with van der Waals surface area (Å²) in [4.78, 5) is 14.3. The molecule has 0 unspecified atom stereocenters. The van der Waals surface area contributed by atoms with Gasteiger partial charge in [0.2, 0.25) is 10.0 Å². The molecule has 3 rings (SSSR count). The van der Waals surface area contributed by atoms with E-state index in [1.807, 2.05) is 6.07 Å². The molecule has 2 saturated heterocycles. The van der Waals surface area contributed by atoms with Gasteiger partial charge in [-0.3, -0.25) is 4.79 Å². The first-order chi connectivity index (χ1) is 12.0. The predicted octanol–water partition coefficient (Wildman–Crippen LogP) is 0.825. The maximum Gasteiger partial charge on any atom is 0.255 e. The molecule has 0 aromatic heterocycles. The average molecular weight is 363 g/mol. The van der Waals surface area contributed by atoms with Crippen LogP contribution in [0.1, 0.15) is 28.8 Å². The van der Waals surface area contributed by atoms with E-state index in [1.54, 1.807) is 29.2 Å². The monoisotopic (exact) mass is 363 g/mol. The maximum absolute atomic E-state index is 12.8. The smallest absolute Gasteiger partial charge is 0.255 e. The Labute approximate surface area is 147 Å². The lowest BCUT2D eigenvalue weighted by Gasteiger charge is -2.36. The van der Waals surface area contributed by atoms with E-state index in [4.69, 9.17) is 4.74 Å². The van der Waals surface area contributed by atoms with Crippen molar-refractivity contribution in [1.82, 2.24) is 9.21 Å². The van der Waals surface area contributed by atoms with Gasteiger partial charge in [0.15, 0.2) is 0 Å². The van der Waals surface area contributed by atoms with Crippen molar-refractivity contribution in [3.8, 4) is 6.07 Å². The first-order valence-corrected chi connectivity index (χ1v) is 9.89. The van der Waals surface area contributed by atoms with Crippen LogP contribution in [0.2, 0.25) is 0 Å². The van der Waals surface area contributed by atoms with E-state index in [2.05, 4.69) is 0 Å². The second-order valence-electron chi connectivity index (χ2n) is 6.23. The number of benzene rings is 1. The van der Waals surface area contributed by atoms with Gasteiger partial charge in [-0.25, -0.2) is 8.42 Å². The predicted molar refractivity (Wildman–Crippen MR) is 91.4 cm³/mol. The van der Waals surface area contributed by atoms with Gasteiger partial charge in [-0.05, 0) is 25.0 Å². The third kappa shape index (κ3) is 3.68. The zero-order valence-corrected chi connectivity index (χ0v) is 14.7. The molecular weight excluding hydrogens is 342 g/mol. The van der Waals surface area contributed by atoms with Crippen LogP contribution in [-0.2, 0) is 14.8 Å². The molecule has 2 aliphatic heterocycles. The van der Waals surface area contributed by atoms with Gasteiger partial charge in [0.1, 0.15) is 0 Å². The SMILES string of the molecule is N#Cc1ccccc1C(=O)N1CCC[C@@H](S(=O)(=O)N2CCOCC2)C1. The summed E-state index contributed by atoms with van der Waals surface area (Å²) in [6.07, 6.45) is 1.18. The molecule has 25 heavy (non-hydrogen) atoms. The van der Waals surface area contributed by atoms with Crippen molar-refractivity contribution in [1.29, 1.82) is 5.26 Å². The molecule has 2 fully saturated rings. The normalized spacial score (nSPS) is 22.4. The number of amides is 1. The van der Waals surface area contributed by atoms with Crippen LogP contribution in [0, 0.1) is 11.3 Å². The number of likely N-dealkylation sites (tertiary alicyclic amines) is 1. The highest BCUT2D eigenvalue weighted by Gasteiger charge is 2.37. The van der Waals surface area contributed by atoms with Crippen LogP contribution in [0.25, 0.3) is 0 Å². The van der Waals surface area contributed by atoms with Crippen molar-refractivity contribution in [2.24, 2.45) is 0 Å². The third-order valence-electron chi connectivity index (χ3n) is 4.69. The van der Waals surface area contributed by atoms with E-state index in [9.17, 15) is 18.5 Å². The lowest BCUT2D eigenvalue weighted by atomic mass is 10.0. The minimum absolute atomic E-state index is 0.165. The molecule has 7 nitrogen and oxygen atoms in total. The zero-order chi connectivity index (χ0) is 17.9. The summed E-state index contributed by atoms with van der Waals surface area (Å²) in [5.41, 5.74) is 0.639. The molecule has 1 amide bonds. The zero-order valence-electron chi connectivity index (χ0n) is 13.9. The average Bonchev–Trinajstić information content (AvgIpc) is 2.68. The Morgan fingerprint density at radius 1 is 1.20 bits per heavy atom. The molecule has 0 spiro atoms. The van der Waals surface area contributed by atoms with Gasteiger partial charge in [0.25, 0.3) is 5.91 Å². The van der Waals surface area contributed by atoms with E-state index in [0.29, 0.717) is 56.8 Å².